The SMILES string of the molecule is CCCN(c1nccs1)C(c1ccc(CCO)cc1)C1CC1. The van der Waals surface area contributed by atoms with E-state index in [9.17, 15) is 0 Å². The molecule has 3 nitrogen and oxygen atoms in total. The molecule has 3 rings (SSSR count). The Bertz CT molecular complexity index is 563. The van der Waals surface area contributed by atoms with Crippen molar-refractivity contribution in [2.24, 2.45) is 5.92 Å². The molecule has 1 aromatic carbocycles. The molecule has 0 amide bonds. The quantitative estimate of drug-likeness (QED) is 0.798. The number of aliphatic hydroxyl groups excluding tert-OH is 1. The van der Waals surface area contributed by atoms with Gasteiger partial charge in [0.25, 0.3) is 0 Å². The third kappa shape index (κ3) is 3.50. The van der Waals surface area contributed by atoms with Crippen molar-refractivity contribution in [2.75, 3.05) is 18.1 Å². The van der Waals surface area contributed by atoms with Crippen LogP contribution >= 0.6 is 11.3 Å². The molecule has 0 bridgehead atoms. The maximum atomic E-state index is 9.06. The first kappa shape index (κ1) is 15.5. The van der Waals surface area contributed by atoms with Crippen molar-refractivity contribution in [1.29, 1.82) is 0 Å². The van der Waals surface area contributed by atoms with Gasteiger partial charge in [0.15, 0.2) is 5.13 Å². The molecule has 0 spiro atoms. The first-order chi connectivity index (χ1) is 10.8. The smallest absolute Gasteiger partial charge is 0.185 e. The predicted octanol–water partition coefficient (Wildman–Crippen LogP) is 4.05. The summed E-state index contributed by atoms with van der Waals surface area (Å²) in [6.45, 7) is 3.49. The highest BCUT2D eigenvalue weighted by molar-refractivity contribution is 7.13. The third-order valence-corrected chi connectivity index (χ3v) is 5.06. The molecule has 1 unspecified atom stereocenters. The average Bonchev–Trinajstić information content (AvgIpc) is 3.22. The maximum Gasteiger partial charge on any atom is 0.185 e. The zero-order valence-corrected chi connectivity index (χ0v) is 13.9. The molecule has 1 aromatic heterocycles. The lowest BCUT2D eigenvalue weighted by Crippen LogP contribution is -2.30. The van der Waals surface area contributed by atoms with Crippen LogP contribution in [0.5, 0.6) is 0 Å². The lowest BCUT2D eigenvalue weighted by molar-refractivity contribution is 0.299. The summed E-state index contributed by atoms with van der Waals surface area (Å²) in [6.07, 6.45) is 6.39. The molecular formula is C18H24N2OS. The number of hydrogen-bond donors (Lipinski definition) is 1. The highest BCUT2D eigenvalue weighted by atomic mass is 32.1. The standard InChI is InChI=1S/C18H24N2OS/c1-2-11-20(18-19-10-13-22-18)17(16-7-8-16)15-5-3-14(4-6-15)9-12-21/h3-6,10,13,16-17,21H,2,7-9,11-12H2,1H3. The van der Waals surface area contributed by atoms with Crippen LogP contribution in [0.25, 0.3) is 0 Å². The number of benzene rings is 1. The molecule has 1 aliphatic carbocycles. The van der Waals surface area contributed by atoms with Gasteiger partial charge in [-0.05, 0) is 42.7 Å². The van der Waals surface area contributed by atoms with E-state index in [1.807, 2.05) is 6.20 Å². The van der Waals surface area contributed by atoms with Crippen molar-refractivity contribution < 1.29 is 5.11 Å². The number of thiazole rings is 1. The summed E-state index contributed by atoms with van der Waals surface area (Å²) in [5.74, 6) is 0.749. The van der Waals surface area contributed by atoms with E-state index in [4.69, 9.17) is 5.11 Å². The minimum Gasteiger partial charge on any atom is -0.396 e. The molecule has 0 aliphatic heterocycles. The van der Waals surface area contributed by atoms with E-state index in [0.29, 0.717) is 6.04 Å². The second-order valence-electron chi connectivity index (χ2n) is 6.01. The third-order valence-electron chi connectivity index (χ3n) is 4.26. The molecule has 1 atom stereocenters. The molecule has 0 saturated heterocycles. The van der Waals surface area contributed by atoms with Crippen LogP contribution < -0.4 is 4.90 Å². The normalized spacial score (nSPS) is 15.7. The monoisotopic (exact) mass is 316 g/mol. The van der Waals surface area contributed by atoms with Crippen LogP contribution in [0.1, 0.15) is 43.4 Å². The van der Waals surface area contributed by atoms with Gasteiger partial charge in [0.2, 0.25) is 0 Å². The van der Waals surface area contributed by atoms with Gasteiger partial charge in [-0.3, -0.25) is 0 Å². The summed E-state index contributed by atoms with van der Waals surface area (Å²) in [6, 6.07) is 9.24. The molecule has 4 heteroatoms. The number of anilines is 1. The minimum absolute atomic E-state index is 0.215. The van der Waals surface area contributed by atoms with Gasteiger partial charge in [-0.1, -0.05) is 31.2 Å². The van der Waals surface area contributed by atoms with Crippen LogP contribution in [-0.4, -0.2) is 23.2 Å². The summed E-state index contributed by atoms with van der Waals surface area (Å²) in [5.41, 5.74) is 2.59. The second kappa shape index (κ2) is 7.25. The van der Waals surface area contributed by atoms with Crippen molar-refractivity contribution in [1.82, 2.24) is 4.98 Å². The highest BCUT2D eigenvalue weighted by Crippen LogP contribution is 2.46. The Kier molecular flexibility index (Phi) is 5.11. The Morgan fingerprint density at radius 1 is 1.32 bits per heavy atom. The fraction of sp³-hybridized carbons (Fsp3) is 0.500. The first-order valence-corrected chi connectivity index (χ1v) is 9.07. The van der Waals surface area contributed by atoms with Gasteiger partial charge in [0, 0.05) is 24.7 Å². The number of hydrogen-bond acceptors (Lipinski definition) is 4. The van der Waals surface area contributed by atoms with E-state index in [1.165, 1.54) is 24.0 Å². The fourth-order valence-corrected chi connectivity index (χ4v) is 3.79. The fourth-order valence-electron chi connectivity index (χ4n) is 3.08. The van der Waals surface area contributed by atoms with E-state index in [1.54, 1.807) is 11.3 Å². The molecule has 118 valence electrons. The minimum atomic E-state index is 0.215. The van der Waals surface area contributed by atoms with Gasteiger partial charge in [0.1, 0.15) is 0 Å². The number of nitrogens with zero attached hydrogens (tertiary/aromatic N) is 2. The summed E-state index contributed by atoms with van der Waals surface area (Å²) in [5, 5.41) is 12.3. The van der Waals surface area contributed by atoms with Gasteiger partial charge < -0.3 is 10.0 Å². The van der Waals surface area contributed by atoms with Crippen molar-refractivity contribution in [3.8, 4) is 0 Å². The van der Waals surface area contributed by atoms with E-state index in [2.05, 4.69) is 46.5 Å². The largest absolute Gasteiger partial charge is 0.396 e. The van der Waals surface area contributed by atoms with E-state index < -0.39 is 0 Å². The molecule has 1 heterocycles. The average molecular weight is 316 g/mol. The zero-order chi connectivity index (χ0) is 15.4. The number of rotatable bonds is 8. The lowest BCUT2D eigenvalue weighted by Gasteiger charge is -2.32. The summed E-state index contributed by atoms with van der Waals surface area (Å²) in [7, 11) is 0. The molecule has 1 aliphatic rings. The van der Waals surface area contributed by atoms with Crippen LogP contribution in [-0.2, 0) is 6.42 Å². The maximum absolute atomic E-state index is 9.06. The molecule has 1 fully saturated rings. The van der Waals surface area contributed by atoms with Crippen molar-refractivity contribution >= 4 is 16.5 Å². The van der Waals surface area contributed by atoms with Crippen molar-refractivity contribution in [3.05, 3.63) is 47.0 Å². The number of aliphatic hydroxyl groups is 1. The topological polar surface area (TPSA) is 36.4 Å². The second-order valence-corrected chi connectivity index (χ2v) is 6.88. The first-order valence-electron chi connectivity index (χ1n) is 8.19. The Labute approximate surface area is 136 Å². The molecule has 22 heavy (non-hydrogen) atoms. The van der Waals surface area contributed by atoms with Gasteiger partial charge in [-0.15, -0.1) is 11.3 Å². The van der Waals surface area contributed by atoms with E-state index in [0.717, 1.165) is 30.4 Å². The number of aromatic nitrogens is 1. The van der Waals surface area contributed by atoms with Crippen molar-refractivity contribution in [2.45, 2.75) is 38.6 Å². The highest BCUT2D eigenvalue weighted by Gasteiger charge is 2.37. The summed E-state index contributed by atoms with van der Waals surface area (Å²) >= 11 is 1.73. The lowest BCUT2D eigenvalue weighted by atomic mass is 9.98. The van der Waals surface area contributed by atoms with Crippen LogP contribution in [0.3, 0.4) is 0 Å². The zero-order valence-electron chi connectivity index (χ0n) is 13.1. The summed E-state index contributed by atoms with van der Waals surface area (Å²) in [4.78, 5) is 7.04. The van der Waals surface area contributed by atoms with Crippen LogP contribution in [0.2, 0.25) is 0 Å². The molecule has 1 saturated carbocycles. The predicted molar refractivity (Wildman–Crippen MR) is 92.4 cm³/mol. The van der Waals surface area contributed by atoms with E-state index >= 15 is 0 Å². The van der Waals surface area contributed by atoms with Gasteiger partial charge in [-0.25, -0.2) is 4.98 Å². The molecule has 1 N–H and O–H groups in total. The molecule has 0 radical (unpaired) electrons. The van der Waals surface area contributed by atoms with Crippen LogP contribution in [0.4, 0.5) is 5.13 Å². The Hall–Kier alpha value is -1.39. The van der Waals surface area contributed by atoms with Gasteiger partial charge >= 0.3 is 0 Å². The Morgan fingerprint density at radius 3 is 2.64 bits per heavy atom. The van der Waals surface area contributed by atoms with Crippen molar-refractivity contribution in [3.63, 3.8) is 0 Å². The Balaban J connectivity index is 1.87. The van der Waals surface area contributed by atoms with Gasteiger partial charge in [-0.2, -0.15) is 0 Å². The van der Waals surface area contributed by atoms with Crippen LogP contribution in [0, 0.1) is 5.92 Å². The molecule has 2 aromatic rings. The van der Waals surface area contributed by atoms with E-state index in [-0.39, 0.29) is 6.61 Å². The molecular weight excluding hydrogens is 292 g/mol. The summed E-state index contributed by atoms with van der Waals surface area (Å²) < 4.78 is 0. The van der Waals surface area contributed by atoms with Gasteiger partial charge in [0.05, 0.1) is 6.04 Å². The Morgan fingerprint density at radius 2 is 2.09 bits per heavy atom. The van der Waals surface area contributed by atoms with Crippen LogP contribution in [0.15, 0.2) is 35.8 Å².